The first-order valence-electron chi connectivity index (χ1n) is 6.06. The number of aryl methyl sites for hydroxylation is 1. The summed E-state index contributed by atoms with van der Waals surface area (Å²) < 4.78 is 14.2. The summed E-state index contributed by atoms with van der Waals surface area (Å²) in [5.41, 5.74) is 1.87. The first-order chi connectivity index (χ1) is 9.65. The van der Waals surface area contributed by atoms with E-state index in [0.29, 0.717) is 28.7 Å². The maximum atomic E-state index is 11.9. The zero-order chi connectivity index (χ0) is 14.5. The van der Waals surface area contributed by atoms with E-state index in [2.05, 4.69) is 14.7 Å². The highest BCUT2D eigenvalue weighted by Crippen LogP contribution is 2.28. The summed E-state index contributed by atoms with van der Waals surface area (Å²) >= 11 is 1.21. The highest BCUT2D eigenvalue weighted by molar-refractivity contribution is 7.10. The van der Waals surface area contributed by atoms with Gasteiger partial charge in [0.1, 0.15) is 10.6 Å². The van der Waals surface area contributed by atoms with E-state index >= 15 is 0 Å². The van der Waals surface area contributed by atoms with Crippen LogP contribution in [-0.4, -0.2) is 29.0 Å². The molecule has 0 spiro atoms. The number of pyridine rings is 1. The molecule has 0 aliphatic heterocycles. The molecule has 0 amide bonds. The molecule has 106 valence electrons. The Kier molecular flexibility index (Phi) is 4.52. The van der Waals surface area contributed by atoms with Gasteiger partial charge in [-0.25, -0.2) is 9.78 Å². The Bertz CT molecular complexity index is 595. The van der Waals surface area contributed by atoms with E-state index in [1.165, 1.54) is 11.5 Å². The number of hydrogen-bond acceptors (Lipinski definition) is 7. The Balaban J connectivity index is 2.22. The van der Waals surface area contributed by atoms with Crippen molar-refractivity contribution in [2.45, 2.75) is 13.8 Å². The number of rotatable bonds is 5. The molecule has 0 fully saturated rings. The predicted molar refractivity (Wildman–Crippen MR) is 76.9 cm³/mol. The zero-order valence-corrected chi connectivity index (χ0v) is 12.3. The molecule has 7 heteroatoms. The third kappa shape index (κ3) is 3.05. The topological polar surface area (TPSA) is 73.3 Å². The van der Waals surface area contributed by atoms with E-state index in [1.54, 1.807) is 33.2 Å². The molecule has 0 saturated heterocycles. The molecule has 2 heterocycles. The zero-order valence-electron chi connectivity index (χ0n) is 11.5. The Hall–Kier alpha value is -2.15. The van der Waals surface area contributed by atoms with Gasteiger partial charge in [-0.1, -0.05) is 0 Å². The minimum absolute atomic E-state index is 0.331. The molecule has 6 nitrogen and oxygen atoms in total. The summed E-state index contributed by atoms with van der Waals surface area (Å²) in [7, 11) is 1.56. The minimum atomic E-state index is -0.372. The summed E-state index contributed by atoms with van der Waals surface area (Å²) in [5.74, 6) is 0.157. The molecule has 2 aromatic heterocycles. The Morgan fingerprint density at radius 3 is 2.85 bits per heavy atom. The molecule has 1 N–H and O–H groups in total. The molecule has 2 rings (SSSR count). The fourth-order valence-corrected chi connectivity index (χ4v) is 2.41. The Morgan fingerprint density at radius 2 is 2.25 bits per heavy atom. The molecule has 2 aromatic rings. The number of ether oxygens (including phenoxy) is 2. The first-order valence-corrected chi connectivity index (χ1v) is 6.83. The van der Waals surface area contributed by atoms with Crippen LogP contribution in [0, 0.1) is 6.92 Å². The monoisotopic (exact) mass is 293 g/mol. The SMILES string of the molecule is CCOC(=O)c1c(C)nsc1Nc1ccc(OC)nc1. The number of methoxy groups -OCH3 is 1. The van der Waals surface area contributed by atoms with E-state index in [9.17, 15) is 4.79 Å². The van der Waals surface area contributed by atoms with Crippen LogP contribution >= 0.6 is 11.5 Å². The number of hydrogen-bond donors (Lipinski definition) is 1. The van der Waals surface area contributed by atoms with Crippen LogP contribution in [0.2, 0.25) is 0 Å². The van der Waals surface area contributed by atoms with Crippen LogP contribution in [-0.2, 0) is 4.74 Å². The molecular weight excluding hydrogens is 278 g/mol. The summed E-state index contributed by atoms with van der Waals surface area (Å²) in [4.78, 5) is 16.0. The van der Waals surface area contributed by atoms with E-state index in [1.807, 2.05) is 6.07 Å². The van der Waals surface area contributed by atoms with Gasteiger partial charge in [-0.05, 0) is 31.4 Å². The predicted octanol–water partition coefficient (Wildman–Crippen LogP) is 2.78. The maximum Gasteiger partial charge on any atom is 0.343 e. The average molecular weight is 293 g/mol. The summed E-state index contributed by atoms with van der Waals surface area (Å²) in [5, 5.41) is 3.77. The van der Waals surface area contributed by atoms with E-state index in [0.717, 1.165) is 5.69 Å². The molecule has 0 radical (unpaired) electrons. The maximum absolute atomic E-state index is 11.9. The van der Waals surface area contributed by atoms with Crippen molar-refractivity contribution in [1.82, 2.24) is 9.36 Å². The summed E-state index contributed by atoms with van der Waals surface area (Å²) in [6.45, 7) is 3.88. The number of esters is 1. The number of nitrogens with one attached hydrogen (secondary N) is 1. The van der Waals surface area contributed by atoms with Gasteiger partial charge < -0.3 is 14.8 Å². The quantitative estimate of drug-likeness (QED) is 0.855. The van der Waals surface area contributed by atoms with Gasteiger partial charge >= 0.3 is 5.97 Å². The fourth-order valence-electron chi connectivity index (χ4n) is 1.60. The third-order valence-corrected chi connectivity index (χ3v) is 3.40. The van der Waals surface area contributed by atoms with Crippen molar-refractivity contribution in [1.29, 1.82) is 0 Å². The molecule has 0 unspecified atom stereocenters. The van der Waals surface area contributed by atoms with Crippen molar-refractivity contribution in [3.8, 4) is 5.88 Å². The lowest BCUT2D eigenvalue weighted by Gasteiger charge is -2.07. The number of carbonyl (C=O) groups is 1. The molecule has 20 heavy (non-hydrogen) atoms. The van der Waals surface area contributed by atoms with Crippen LogP contribution in [0.5, 0.6) is 5.88 Å². The van der Waals surface area contributed by atoms with Gasteiger partial charge in [0.15, 0.2) is 0 Å². The van der Waals surface area contributed by atoms with Gasteiger partial charge in [-0.3, -0.25) is 0 Å². The lowest BCUT2D eigenvalue weighted by molar-refractivity contribution is 0.0527. The highest BCUT2D eigenvalue weighted by Gasteiger charge is 2.19. The van der Waals surface area contributed by atoms with Gasteiger partial charge in [0.05, 0.1) is 31.3 Å². The van der Waals surface area contributed by atoms with Gasteiger partial charge in [0.2, 0.25) is 5.88 Å². The van der Waals surface area contributed by atoms with Crippen molar-refractivity contribution >= 4 is 28.2 Å². The van der Waals surface area contributed by atoms with Crippen molar-refractivity contribution in [3.05, 3.63) is 29.6 Å². The number of carbonyl (C=O) groups excluding carboxylic acids is 1. The second-order valence-electron chi connectivity index (χ2n) is 3.91. The molecule has 0 aliphatic carbocycles. The molecule has 0 saturated carbocycles. The van der Waals surface area contributed by atoms with Crippen LogP contribution in [0.25, 0.3) is 0 Å². The van der Waals surface area contributed by atoms with Crippen molar-refractivity contribution in [2.75, 3.05) is 19.0 Å². The number of aromatic nitrogens is 2. The van der Waals surface area contributed by atoms with E-state index in [4.69, 9.17) is 9.47 Å². The van der Waals surface area contributed by atoms with Crippen LogP contribution in [0.1, 0.15) is 23.0 Å². The first kappa shape index (κ1) is 14.3. The lowest BCUT2D eigenvalue weighted by atomic mass is 10.2. The van der Waals surface area contributed by atoms with Gasteiger partial charge in [-0.15, -0.1) is 0 Å². The minimum Gasteiger partial charge on any atom is -0.481 e. The number of nitrogens with zero attached hydrogens (tertiary/aromatic N) is 2. The third-order valence-electron chi connectivity index (χ3n) is 2.55. The van der Waals surface area contributed by atoms with Gasteiger partial charge in [-0.2, -0.15) is 4.37 Å². The molecule has 0 atom stereocenters. The largest absolute Gasteiger partial charge is 0.481 e. The van der Waals surface area contributed by atoms with E-state index < -0.39 is 0 Å². The van der Waals surface area contributed by atoms with Gasteiger partial charge in [0.25, 0.3) is 0 Å². The lowest BCUT2D eigenvalue weighted by Crippen LogP contribution is -2.07. The smallest absolute Gasteiger partial charge is 0.343 e. The second-order valence-corrected chi connectivity index (χ2v) is 4.68. The summed E-state index contributed by atoms with van der Waals surface area (Å²) in [6, 6.07) is 3.55. The fraction of sp³-hybridized carbons (Fsp3) is 0.308. The summed E-state index contributed by atoms with van der Waals surface area (Å²) in [6.07, 6.45) is 1.63. The van der Waals surface area contributed by atoms with Crippen LogP contribution in [0.3, 0.4) is 0 Å². The van der Waals surface area contributed by atoms with E-state index in [-0.39, 0.29) is 5.97 Å². The highest BCUT2D eigenvalue weighted by atomic mass is 32.1. The van der Waals surface area contributed by atoms with Crippen LogP contribution in [0.4, 0.5) is 10.7 Å². The molecular formula is C13H15N3O3S. The average Bonchev–Trinajstić information content (AvgIpc) is 2.81. The van der Waals surface area contributed by atoms with Crippen LogP contribution in [0.15, 0.2) is 18.3 Å². The Morgan fingerprint density at radius 1 is 1.45 bits per heavy atom. The molecule has 0 aliphatic rings. The van der Waals surface area contributed by atoms with Gasteiger partial charge in [0, 0.05) is 6.07 Å². The number of anilines is 2. The standard InChI is InChI=1S/C13H15N3O3S/c1-4-19-13(17)11-8(2)16-20-12(11)15-9-5-6-10(18-3)14-7-9/h5-7,15H,4H2,1-3H3. The Labute approximate surface area is 120 Å². The van der Waals surface area contributed by atoms with Crippen molar-refractivity contribution in [2.24, 2.45) is 0 Å². The molecule has 0 aromatic carbocycles. The second kappa shape index (κ2) is 6.33. The molecule has 0 bridgehead atoms. The normalized spacial score (nSPS) is 10.2. The van der Waals surface area contributed by atoms with Crippen LogP contribution < -0.4 is 10.1 Å². The van der Waals surface area contributed by atoms with Crippen molar-refractivity contribution in [3.63, 3.8) is 0 Å². The van der Waals surface area contributed by atoms with Crippen molar-refractivity contribution < 1.29 is 14.3 Å².